The Bertz CT molecular complexity index is 525. The second kappa shape index (κ2) is 4.84. The van der Waals surface area contributed by atoms with Gasteiger partial charge in [-0.15, -0.1) is 0 Å². The van der Waals surface area contributed by atoms with Crippen LogP contribution >= 0.6 is 0 Å². The van der Waals surface area contributed by atoms with Crippen molar-refractivity contribution in [2.75, 3.05) is 11.9 Å². The average Bonchev–Trinajstić information content (AvgIpc) is 2.82. The van der Waals surface area contributed by atoms with Gasteiger partial charge in [0.25, 0.3) is 0 Å². The molecule has 0 spiro atoms. The van der Waals surface area contributed by atoms with Crippen LogP contribution in [0.4, 0.5) is 5.82 Å². The fourth-order valence-corrected chi connectivity index (χ4v) is 2.47. The molecule has 0 saturated carbocycles. The van der Waals surface area contributed by atoms with Crippen molar-refractivity contribution in [3.63, 3.8) is 0 Å². The van der Waals surface area contributed by atoms with Crippen LogP contribution in [0.1, 0.15) is 23.4 Å². The fourth-order valence-electron chi connectivity index (χ4n) is 2.47. The van der Waals surface area contributed by atoms with Crippen LogP contribution in [0, 0.1) is 6.92 Å². The highest BCUT2D eigenvalue weighted by atomic mass is 15.2. The van der Waals surface area contributed by atoms with Crippen LogP contribution in [0.15, 0.2) is 30.5 Å². The van der Waals surface area contributed by atoms with E-state index in [-0.39, 0.29) is 0 Å². The predicted molar refractivity (Wildman–Crippen MR) is 73.9 cm³/mol. The van der Waals surface area contributed by atoms with Gasteiger partial charge < -0.3 is 9.88 Å². The molecule has 94 valence electrons. The average molecular weight is 241 g/mol. The number of nitrogens with one attached hydrogen (secondary N) is 1. The molecule has 0 aliphatic carbocycles. The molecular weight excluding hydrogens is 222 g/mol. The molecule has 3 nitrogen and oxygen atoms in total. The summed E-state index contributed by atoms with van der Waals surface area (Å²) >= 11 is 0. The minimum Gasteiger partial charge on any atom is -0.370 e. The van der Waals surface area contributed by atoms with E-state index in [0.717, 1.165) is 25.9 Å². The summed E-state index contributed by atoms with van der Waals surface area (Å²) in [6.07, 6.45) is 5.24. The van der Waals surface area contributed by atoms with Crippen LogP contribution in [0.3, 0.4) is 0 Å². The van der Waals surface area contributed by atoms with Crippen molar-refractivity contribution in [2.45, 2.75) is 32.7 Å². The Kier molecular flexibility index (Phi) is 3.05. The maximum absolute atomic E-state index is 4.53. The summed E-state index contributed by atoms with van der Waals surface area (Å²) in [5, 5.41) is 3.39. The first-order valence-electron chi connectivity index (χ1n) is 6.67. The molecule has 2 aromatic rings. The summed E-state index contributed by atoms with van der Waals surface area (Å²) in [5.41, 5.74) is 2.71. The highest BCUT2D eigenvalue weighted by molar-refractivity contribution is 5.36. The Labute approximate surface area is 108 Å². The predicted octanol–water partition coefficient (Wildman–Crippen LogP) is 2.79. The molecule has 0 unspecified atom stereocenters. The minimum absolute atomic E-state index is 1.02. The van der Waals surface area contributed by atoms with E-state index in [9.17, 15) is 0 Å². The maximum Gasteiger partial charge on any atom is 0.126 e. The number of anilines is 1. The second-order valence-corrected chi connectivity index (χ2v) is 4.98. The molecule has 1 aromatic carbocycles. The topological polar surface area (TPSA) is 29.9 Å². The quantitative estimate of drug-likeness (QED) is 0.895. The van der Waals surface area contributed by atoms with Crippen LogP contribution in [0.5, 0.6) is 0 Å². The van der Waals surface area contributed by atoms with Gasteiger partial charge >= 0.3 is 0 Å². The summed E-state index contributed by atoms with van der Waals surface area (Å²) in [5.74, 6) is 2.39. The first-order chi connectivity index (χ1) is 8.83. The molecule has 1 aliphatic rings. The maximum atomic E-state index is 4.53. The van der Waals surface area contributed by atoms with Crippen LogP contribution in [-0.2, 0) is 19.4 Å². The number of rotatable bonds is 3. The Morgan fingerprint density at radius 2 is 2.06 bits per heavy atom. The lowest BCUT2D eigenvalue weighted by molar-refractivity contribution is 0.597. The van der Waals surface area contributed by atoms with E-state index in [1.165, 1.54) is 29.2 Å². The van der Waals surface area contributed by atoms with Gasteiger partial charge in [-0.25, -0.2) is 4.98 Å². The Balaban J connectivity index is 1.70. The standard InChI is InChI=1S/C15H19N3/c1-12-3-5-13(6-4-12)7-8-14-17-11-15-16-9-2-10-18(14)15/h3-6,11,16H,2,7-10H2,1H3. The van der Waals surface area contributed by atoms with Crippen molar-refractivity contribution in [2.24, 2.45) is 0 Å². The van der Waals surface area contributed by atoms with Crippen molar-refractivity contribution >= 4 is 5.82 Å². The molecule has 1 aliphatic heterocycles. The normalized spacial score (nSPS) is 14.1. The monoisotopic (exact) mass is 241 g/mol. The lowest BCUT2D eigenvalue weighted by Crippen LogP contribution is -2.18. The van der Waals surface area contributed by atoms with Gasteiger partial charge in [-0.05, 0) is 25.3 Å². The summed E-state index contributed by atoms with van der Waals surface area (Å²) in [7, 11) is 0. The third-order valence-corrected chi connectivity index (χ3v) is 3.56. The van der Waals surface area contributed by atoms with Crippen LogP contribution in [0.25, 0.3) is 0 Å². The number of fused-ring (bicyclic) bond motifs is 1. The molecule has 3 heteroatoms. The highest BCUT2D eigenvalue weighted by Crippen LogP contribution is 2.17. The molecule has 18 heavy (non-hydrogen) atoms. The first kappa shape index (κ1) is 11.3. The second-order valence-electron chi connectivity index (χ2n) is 4.98. The summed E-state index contributed by atoms with van der Waals surface area (Å²) < 4.78 is 2.32. The first-order valence-corrected chi connectivity index (χ1v) is 6.67. The van der Waals surface area contributed by atoms with Crippen LogP contribution < -0.4 is 5.32 Å². The lowest BCUT2D eigenvalue weighted by Gasteiger charge is -2.18. The van der Waals surface area contributed by atoms with Crippen molar-refractivity contribution in [3.05, 3.63) is 47.4 Å². The van der Waals surface area contributed by atoms with Gasteiger partial charge in [0.2, 0.25) is 0 Å². The van der Waals surface area contributed by atoms with Crippen LogP contribution in [-0.4, -0.2) is 16.1 Å². The molecule has 0 fully saturated rings. The molecule has 2 heterocycles. The Morgan fingerprint density at radius 3 is 2.89 bits per heavy atom. The van der Waals surface area contributed by atoms with Crippen LogP contribution in [0.2, 0.25) is 0 Å². The van der Waals surface area contributed by atoms with Crippen molar-refractivity contribution in [3.8, 4) is 0 Å². The van der Waals surface area contributed by atoms with E-state index >= 15 is 0 Å². The van der Waals surface area contributed by atoms with Gasteiger partial charge in [-0.3, -0.25) is 0 Å². The lowest BCUT2D eigenvalue weighted by atomic mass is 10.1. The minimum atomic E-state index is 1.02. The number of hydrogen-bond acceptors (Lipinski definition) is 2. The molecular formula is C15H19N3. The summed E-state index contributed by atoms with van der Waals surface area (Å²) in [6.45, 7) is 4.30. The molecule has 0 saturated heterocycles. The molecule has 1 N–H and O–H groups in total. The molecule has 0 atom stereocenters. The molecule has 3 rings (SSSR count). The van der Waals surface area contributed by atoms with E-state index in [4.69, 9.17) is 0 Å². The zero-order valence-corrected chi connectivity index (χ0v) is 10.8. The van der Waals surface area contributed by atoms with Crippen molar-refractivity contribution < 1.29 is 0 Å². The van der Waals surface area contributed by atoms with E-state index in [1.54, 1.807) is 0 Å². The van der Waals surface area contributed by atoms with Gasteiger partial charge in [-0.1, -0.05) is 29.8 Å². The van der Waals surface area contributed by atoms with E-state index in [1.807, 2.05) is 6.20 Å². The zero-order valence-electron chi connectivity index (χ0n) is 10.8. The van der Waals surface area contributed by atoms with Gasteiger partial charge in [-0.2, -0.15) is 0 Å². The largest absolute Gasteiger partial charge is 0.370 e. The third-order valence-electron chi connectivity index (χ3n) is 3.56. The smallest absolute Gasteiger partial charge is 0.126 e. The number of benzene rings is 1. The van der Waals surface area contributed by atoms with E-state index in [0.29, 0.717) is 0 Å². The number of aromatic nitrogens is 2. The third kappa shape index (κ3) is 2.26. The molecule has 1 aromatic heterocycles. The number of nitrogens with zero attached hydrogens (tertiary/aromatic N) is 2. The van der Waals surface area contributed by atoms with Gasteiger partial charge in [0.05, 0.1) is 6.20 Å². The van der Waals surface area contributed by atoms with Crippen molar-refractivity contribution in [1.29, 1.82) is 0 Å². The molecule has 0 radical (unpaired) electrons. The van der Waals surface area contributed by atoms with Gasteiger partial charge in [0, 0.05) is 19.5 Å². The highest BCUT2D eigenvalue weighted by Gasteiger charge is 2.12. The fraction of sp³-hybridized carbons (Fsp3) is 0.400. The van der Waals surface area contributed by atoms with Crippen molar-refractivity contribution in [1.82, 2.24) is 9.55 Å². The van der Waals surface area contributed by atoms with E-state index < -0.39 is 0 Å². The van der Waals surface area contributed by atoms with Gasteiger partial charge in [0.1, 0.15) is 11.6 Å². The number of hydrogen-bond donors (Lipinski definition) is 1. The Hall–Kier alpha value is -1.77. The SMILES string of the molecule is Cc1ccc(CCc2ncc3n2CCCN3)cc1. The molecule has 0 amide bonds. The Morgan fingerprint density at radius 1 is 1.22 bits per heavy atom. The van der Waals surface area contributed by atoms with E-state index in [2.05, 4.69) is 46.1 Å². The number of aryl methyl sites for hydroxylation is 3. The van der Waals surface area contributed by atoms with Gasteiger partial charge in [0.15, 0.2) is 0 Å². The zero-order chi connectivity index (χ0) is 12.4. The summed E-state index contributed by atoms with van der Waals surface area (Å²) in [6, 6.07) is 8.79. The number of imidazole rings is 1. The summed E-state index contributed by atoms with van der Waals surface area (Å²) in [4.78, 5) is 4.53. The molecule has 0 bridgehead atoms.